The van der Waals surface area contributed by atoms with Gasteiger partial charge in [0.1, 0.15) is 9.77 Å². The molecule has 138 valence electrons. The van der Waals surface area contributed by atoms with Crippen molar-refractivity contribution in [1.29, 1.82) is 0 Å². The molecule has 1 saturated heterocycles. The topological polar surface area (TPSA) is 80.8 Å². The summed E-state index contributed by atoms with van der Waals surface area (Å²) in [7, 11) is -3.71. The van der Waals surface area contributed by atoms with Gasteiger partial charge in [-0.2, -0.15) is 4.31 Å². The quantitative estimate of drug-likeness (QED) is 0.490. The van der Waals surface area contributed by atoms with Crippen LogP contribution in [0.5, 0.6) is 0 Å². The van der Waals surface area contributed by atoms with E-state index in [-0.39, 0.29) is 15.6 Å². The number of Topliss-reactive ketones (excluding diaryl/α,β-unsaturated/α-hetero) is 1. The molecule has 0 aliphatic carbocycles. The Morgan fingerprint density at radius 3 is 2.42 bits per heavy atom. The molecule has 9 heteroatoms. The first-order valence-corrected chi connectivity index (χ1v) is 11.0. The van der Waals surface area contributed by atoms with E-state index in [9.17, 15) is 18.0 Å². The molecule has 6 nitrogen and oxygen atoms in total. The molecule has 1 aromatic heterocycles. The minimum absolute atomic E-state index is 0.000469. The predicted octanol–water partition coefficient (Wildman–Crippen LogP) is 3.33. The van der Waals surface area contributed by atoms with E-state index in [0.717, 1.165) is 28.7 Å². The van der Waals surface area contributed by atoms with E-state index < -0.39 is 22.6 Å². The Balaban J connectivity index is 1.70. The molecule has 0 atom stereocenters. The molecule has 0 amide bonds. The number of ether oxygens (including phenoxy) is 1. The Morgan fingerprint density at radius 1 is 1.12 bits per heavy atom. The minimum atomic E-state index is -3.71. The maximum absolute atomic E-state index is 12.7. The average molecular weight is 458 g/mol. The van der Waals surface area contributed by atoms with Crippen molar-refractivity contribution in [3.05, 3.63) is 50.6 Å². The van der Waals surface area contributed by atoms with Gasteiger partial charge in [-0.3, -0.25) is 4.79 Å². The zero-order valence-corrected chi connectivity index (χ0v) is 16.9. The average Bonchev–Trinajstić information content (AvgIpc) is 3.31. The van der Waals surface area contributed by atoms with Crippen LogP contribution in [-0.4, -0.2) is 44.2 Å². The van der Waals surface area contributed by atoms with Gasteiger partial charge < -0.3 is 4.74 Å². The molecule has 26 heavy (non-hydrogen) atoms. The highest BCUT2D eigenvalue weighted by Gasteiger charge is 2.32. The van der Waals surface area contributed by atoms with Gasteiger partial charge in [0.05, 0.1) is 0 Å². The number of hydrogen-bond acceptors (Lipinski definition) is 6. The number of thiophene rings is 1. The molecular formula is C17H16BrNO5S2. The summed E-state index contributed by atoms with van der Waals surface area (Å²) in [6, 6.07) is 8.08. The smallest absolute Gasteiger partial charge is 0.350 e. The van der Waals surface area contributed by atoms with E-state index in [1.165, 1.54) is 15.8 Å². The number of carbonyl (C=O) groups excluding carboxylic acids is 2. The Kier molecular flexibility index (Phi) is 5.91. The number of rotatable bonds is 6. The zero-order chi connectivity index (χ0) is 18.7. The van der Waals surface area contributed by atoms with Crippen LogP contribution in [-0.2, 0) is 14.8 Å². The fraction of sp³-hybridized carbons (Fsp3) is 0.294. The van der Waals surface area contributed by atoms with Gasteiger partial charge >= 0.3 is 5.97 Å². The number of benzene rings is 1. The van der Waals surface area contributed by atoms with Crippen LogP contribution in [0, 0.1) is 0 Å². The van der Waals surface area contributed by atoms with Gasteiger partial charge in [-0.25, -0.2) is 13.2 Å². The number of sulfonamides is 1. The van der Waals surface area contributed by atoms with Gasteiger partial charge in [-0.05, 0) is 36.4 Å². The van der Waals surface area contributed by atoms with Crippen LogP contribution in [0.3, 0.4) is 0 Å². The van der Waals surface area contributed by atoms with Crippen molar-refractivity contribution in [1.82, 2.24) is 4.31 Å². The van der Waals surface area contributed by atoms with E-state index in [0.29, 0.717) is 18.7 Å². The van der Waals surface area contributed by atoms with E-state index in [4.69, 9.17) is 4.74 Å². The maximum Gasteiger partial charge on any atom is 0.350 e. The lowest BCUT2D eigenvalue weighted by Crippen LogP contribution is -2.29. The highest BCUT2D eigenvalue weighted by molar-refractivity contribution is 9.10. The number of nitrogens with zero attached hydrogens (tertiary/aromatic N) is 1. The summed E-state index contributed by atoms with van der Waals surface area (Å²) < 4.78 is 32.6. The van der Waals surface area contributed by atoms with Gasteiger partial charge in [0.2, 0.25) is 10.0 Å². The second kappa shape index (κ2) is 7.99. The number of hydrogen-bond donors (Lipinski definition) is 0. The van der Waals surface area contributed by atoms with Crippen LogP contribution in [0.1, 0.15) is 32.9 Å². The lowest BCUT2D eigenvalue weighted by atomic mass is 10.1. The number of esters is 1. The molecule has 2 aromatic rings. The van der Waals surface area contributed by atoms with Crippen LogP contribution >= 0.6 is 27.3 Å². The summed E-state index contributed by atoms with van der Waals surface area (Å²) >= 11 is 4.28. The highest BCUT2D eigenvalue weighted by Crippen LogP contribution is 2.28. The molecule has 3 rings (SSSR count). The monoisotopic (exact) mass is 457 g/mol. The van der Waals surface area contributed by atoms with E-state index in [1.54, 1.807) is 24.3 Å². The van der Waals surface area contributed by atoms with Gasteiger partial charge in [0.15, 0.2) is 12.4 Å². The van der Waals surface area contributed by atoms with Crippen molar-refractivity contribution in [2.75, 3.05) is 19.7 Å². The van der Waals surface area contributed by atoms with Gasteiger partial charge in [-0.15, -0.1) is 11.3 Å². The second-order valence-electron chi connectivity index (χ2n) is 5.73. The first-order valence-electron chi connectivity index (χ1n) is 7.93. The lowest BCUT2D eigenvalue weighted by molar-refractivity contribution is 0.0476. The SMILES string of the molecule is O=C(COC(=O)c1sccc1S(=O)(=O)N1CCCC1)c1ccc(Br)cc1. The molecule has 0 saturated carbocycles. The molecule has 1 fully saturated rings. The third-order valence-electron chi connectivity index (χ3n) is 4.00. The number of ketones is 1. The van der Waals surface area contributed by atoms with Crippen molar-refractivity contribution in [2.24, 2.45) is 0 Å². The fourth-order valence-electron chi connectivity index (χ4n) is 2.63. The molecular weight excluding hydrogens is 442 g/mol. The summed E-state index contributed by atoms with van der Waals surface area (Å²) in [6.07, 6.45) is 1.62. The Hall–Kier alpha value is -1.55. The first-order chi connectivity index (χ1) is 12.4. The first kappa shape index (κ1) is 19.2. The Morgan fingerprint density at radius 2 is 1.77 bits per heavy atom. The normalized spacial score (nSPS) is 15.1. The van der Waals surface area contributed by atoms with Crippen LogP contribution in [0.25, 0.3) is 0 Å². The summed E-state index contributed by atoms with van der Waals surface area (Å²) in [5.74, 6) is -1.16. The second-order valence-corrected chi connectivity index (χ2v) is 9.47. The standard InChI is InChI=1S/C17H16BrNO5S2/c18-13-5-3-12(4-6-13)14(20)11-24-17(21)16-15(7-10-25-16)26(22,23)19-8-1-2-9-19/h3-7,10H,1-2,8-9,11H2. The van der Waals surface area contributed by atoms with Crippen LogP contribution < -0.4 is 0 Å². The molecule has 1 aliphatic heterocycles. The zero-order valence-electron chi connectivity index (χ0n) is 13.7. The van der Waals surface area contributed by atoms with Gasteiger partial charge in [0.25, 0.3) is 0 Å². The third-order valence-corrected chi connectivity index (χ3v) is 7.49. The molecule has 1 aliphatic rings. The summed E-state index contributed by atoms with van der Waals surface area (Å²) in [4.78, 5) is 24.4. The largest absolute Gasteiger partial charge is 0.453 e. The van der Waals surface area contributed by atoms with E-state index in [1.807, 2.05) is 0 Å². The predicted molar refractivity (Wildman–Crippen MR) is 101 cm³/mol. The lowest BCUT2D eigenvalue weighted by Gasteiger charge is -2.15. The van der Waals surface area contributed by atoms with Crippen LogP contribution in [0.15, 0.2) is 45.1 Å². The van der Waals surface area contributed by atoms with Crippen molar-refractivity contribution in [2.45, 2.75) is 17.7 Å². The Bertz CT molecular complexity index is 915. The summed E-state index contributed by atoms with van der Waals surface area (Å²) in [6.45, 7) is 0.463. The van der Waals surface area contributed by atoms with Crippen molar-refractivity contribution < 1.29 is 22.7 Å². The van der Waals surface area contributed by atoms with Crippen molar-refractivity contribution >= 4 is 49.0 Å². The van der Waals surface area contributed by atoms with Crippen LogP contribution in [0.2, 0.25) is 0 Å². The number of halogens is 1. The van der Waals surface area contributed by atoms with Crippen molar-refractivity contribution in [3.63, 3.8) is 0 Å². The fourth-order valence-corrected chi connectivity index (χ4v) is 5.70. The molecule has 2 heterocycles. The highest BCUT2D eigenvalue weighted by atomic mass is 79.9. The van der Waals surface area contributed by atoms with E-state index >= 15 is 0 Å². The van der Waals surface area contributed by atoms with Crippen LogP contribution in [0.4, 0.5) is 0 Å². The van der Waals surface area contributed by atoms with Crippen molar-refractivity contribution in [3.8, 4) is 0 Å². The van der Waals surface area contributed by atoms with Gasteiger partial charge in [-0.1, -0.05) is 28.1 Å². The van der Waals surface area contributed by atoms with Gasteiger partial charge in [0, 0.05) is 23.1 Å². The van der Waals surface area contributed by atoms with E-state index in [2.05, 4.69) is 15.9 Å². The maximum atomic E-state index is 12.7. The minimum Gasteiger partial charge on any atom is -0.453 e. The molecule has 0 spiro atoms. The number of carbonyl (C=O) groups is 2. The Labute approximate surface area is 164 Å². The molecule has 0 bridgehead atoms. The molecule has 0 N–H and O–H groups in total. The molecule has 1 aromatic carbocycles. The molecule has 0 unspecified atom stereocenters. The third kappa shape index (κ3) is 4.06. The molecule has 0 radical (unpaired) electrons. The summed E-state index contributed by atoms with van der Waals surface area (Å²) in [5.41, 5.74) is 0.414. The summed E-state index contributed by atoms with van der Waals surface area (Å²) in [5, 5.41) is 1.54.